The van der Waals surface area contributed by atoms with Crippen molar-refractivity contribution in [1.29, 1.82) is 0 Å². The zero-order chi connectivity index (χ0) is 10.8. The van der Waals surface area contributed by atoms with Crippen LogP contribution < -0.4 is 5.32 Å². The van der Waals surface area contributed by atoms with Gasteiger partial charge >= 0.3 is 5.97 Å². The number of nitrogens with zero attached hydrogens (tertiary/aromatic N) is 1. The van der Waals surface area contributed by atoms with Crippen molar-refractivity contribution in [2.45, 2.75) is 13.0 Å². The van der Waals surface area contributed by atoms with Crippen molar-refractivity contribution in [1.82, 2.24) is 10.2 Å². The quantitative estimate of drug-likeness (QED) is 0.708. The highest BCUT2D eigenvalue weighted by Gasteiger charge is 2.09. The Labute approximate surface area is 86.1 Å². The van der Waals surface area contributed by atoms with Gasteiger partial charge in [-0.2, -0.15) is 5.10 Å². The van der Waals surface area contributed by atoms with E-state index in [-0.39, 0.29) is 0 Å². The molecule has 1 atom stereocenters. The molecule has 0 saturated carbocycles. The predicted molar refractivity (Wildman–Crippen MR) is 56.8 cm³/mol. The Hall–Kier alpha value is -2.04. The molecule has 15 heavy (non-hydrogen) atoms. The molecule has 1 heterocycles. The fourth-order valence-electron chi connectivity index (χ4n) is 1.34. The average Bonchev–Trinajstić information content (AvgIpc) is 2.64. The Balaban J connectivity index is 2.24. The van der Waals surface area contributed by atoms with Gasteiger partial charge in [0.2, 0.25) is 0 Å². The molecule has 1 unspecified atom stereocenters. The molecule has 2 rings (SSSR count). The van der Waals surface area contributed by atoms with Crippen LogP contribution >= 0.6 is 0 Å². The lowest BCUT2D eigenvalue weighted by Gasteiger charge is -2.10. The molecule has 0 spiro atoms. The number of carboxylic acid groups (broad SMARTS) is 1. The summed E-state index contributed by atoms with van der Waals surface area (Å²) in [7, 11) is 0. The number of benzene rings is 1. The molecule has 5 nitrogen and oxygen atoms in total. The van der Waals surface area contributed by atoms with Crippen LogP contribution in [0.4, 0.5) is 5.69 Å². The van der Waals surface area contributed by atoms with Crippen molar-refractivity contribution in [3.63, 3.8) is 0 Å². The van der Waals surface area contributed by atoms with Crippen LogP contribution in [-0.2, 0) is 4.79 Å². The zero-order valence-corrected chi connectivity index (χ0v) is 8.19. The molecule has 0 aliphatic rings. The second-order valence-corrected chi connectivity index (χ2v) is 3.38. The van der Waals surface area contributed by atoms with Crippen LogP contribution in [0.1, 0.15) is 6.92 Å². The van der Waals surface area contributed by atoms with E-state index >= 15 is 0 Å². The van der Waals surface area contributed by atoms with Gasteiger partial charge in [0.05, 0.1) is 11.7 Å². The minimum atomic E-state index is -0.873. The van der Waals surface area contributed by atoms with Crippen LogP contribution in [0.2, 0.25) is 0 Å². The number of carbonyl (C=O) groups is 1. The molecule has 0 saturated heterocycles. The Bertz CT molecular complexity index is 492. The average molecular weight is 205 g/mol. The smallest absolute Gasteiger partial charge is 0.325 e. The third kappa shape index (κ3) is 1.90. The molecular formula is C10H11N3O2. The third-order valence-electron chi connectivity index (χ3n) is 2.19. The van der Waals surface area contributed by atoms with E-state index in [0.717, 1.165) is 16.6 Å². The van der Waals surface area contributed by atoms with E-state index in [9.17, 15) is 4.79 Å². The van der Waals surface area contributed by atoms with Gasteiger partial charge in [-0.05, 0) is 25.1 Å². The van der Waals surface area contributed by atoms with Crippen LogP contribution in [0.15, 0.2) is 24.4 Å². The van der Waals surface area contributed by atoms with E-state index in [1.165, 1.54) is 0 Å². The van der Waals surface area contributed by atoms with Gasteiger partial charge in [-0.15, -0.1) is 0 Å². The Kier molecular flexibility index (Phi) is 2.29. The van der Waals surface area contributed by atoms with Crippen LogP contribution in [0.25, 0.3) is 10.9 Å². The summed E-state index contributed by atoms with van der Waals surface area (Å²) in [4.78, 5) is 10.6. The van der Waals surface area contributed by atoms with Crippen LogP contribution in [-0.4, -0.2) is 27.3 Å². The second-order valence-electron chi connectivity index (χ2n) is 3.38. The first-order valence-electron chi connectivity index (χ1n) is 4.59. The number of fused-ring (bicyclic) bond motifs is 1. The summed E-state index contributed by atoms with van der Waals surface area (Å²) in [5.41, 5.74) is 1.71. The van der Waals surface area contributed by atoms with Gasteiger partial charge in [0, 0.05) is 11.1 Å². The van der Waals surface area contributed by atoms with Crippen molar-refractivity contribution in [2.24, 2.45) is 0 Å². The first kappa shape index (κ1) is 9.51. The van der Waals surface area contributed by atoms with Gasteiger partial charge in [0.25, 0.3) is 0 Å². The first-order chi connectivity index (χ1) is 7.16. The van der Waals surface area contributed by atoms with Gasteiger partial charge in [0.15, 0.2) is 0 Å². The van der Waals surface area contributed by atoms with Gasteiger partial charge in [-0.1, -0.05) is 0 Å². The van der Waals surface area contributed by atoms with E-state index in [2.05, 4.69) is 15.5 Å². The Morgan fingerprint density at radius 3 is 3.13 bits per heavy atom. The molecule has 1 aromatic carbocycles. The fourth-order valence-corrected chi connectivity index (χ4v) is 1.34. The number of hydrogen-bond acceptors (Lipinski definition) is 3. The molecule has 1 aromatic heterocycles. The maximum Gasteiger partial charge on any atom is 0.325 e. The van der Waals surface area contributed by atoms with Gasteiger partial charge in [0.1, 0.15) is 6.04 Å². The van der Waals surface area contributed by atoms with Gasteiger partial charge < -0.3 is 10.4 Å². The first-order valence-corrected chi connectivity index (χ1v) is 4.59. The van der Waals surface area contributed by atoms with Gasteiger partial charge in [-0.25, -0.2) is 0 Å². The lowest BCUT2D eigenvalue weighted by Crippen LogP contribution is -2.25. The highest BCUT2D eigenvalue weighted by atomic mass is 16.4. The molecule has 5 heteroatoms. The van der Waals surface area contributed by atoms with Crippen LogP contribution in [0.3, 0.4) is 0 Å². The lowest BCUT2D eigenvalue weighted by molar-refractivity contribution is -0.137. The number of aromatic nitrogens is 2. The minimum Gasteiger partial charge on any atom is -0.480 e. The number of carboxylic acids is 1. The maximum absolute atomic E-state index is 10.6. The van der Waals surface area contributed by atoms with Gasteiger partial charge in [-0.3, -0.25) is 9.89 Å². The van der Waals surface area contributed by atoms with E-state index in [1.54, 1.807) is 13.1 Å². The third-order valence-corrected chi connectivity index (χ3v) is 2.19. The standard InChI is InChI=1S/C10H11N3O2/c1-6(10(14)15)12-8-2-3-9-7(4-8)5-11-13-9/h2-6,12H,1H3,(H,11,13)(H,14,15). The summed E-state index contributed by atoms with van der Waals surface area (Å²) in [6.07, 6.45) is 1.70. The van der Waals surface area contributed by atoms with E-state index in [1.807, 2.05) is 18.2 Å². The summed E-state index contributed by atoms with van der Waals surface area (Å²) in [5.74, 6) is -0.873. The number of hydrogen-bond donors (Lipinski definition) is 3. The molecule has 78 valence electrons. The zero-order valence-electron chi connectivity index (χ0n) is 8.19. The van der Waals surface area contributed by atoms with Crippen molar-refractivity contribution in [3.8, 4) is 0 Å². The molecule has 2 aromatic rings. The Morgan fingerprint density at radius 2 is 2.40 bits per heavy atom. The van der Waals surface area contributed by atoms with Crippen molar-refractivity contribution >= 4 is 22.6 Å². The van der Waals surface area contributed by atoms with Crippen molar-refractivity contribution < 1.29 is 9.90 Å². The topological polar surface area (TPSA) is 78.0 Å². The number of anilines is 1. The summed E-state index contributed by atoms with van der Waals surface area (Å²) < 4.78 is 0. The molecular weight excluding hydrogens is 194 g/mol. The lowest BCUT2D eigenvalue weighted by atomic mass is 10.2. The number of H-pyrrole nitrogens is 1. The largest absolute Gasteiger partial charge is 0.480 e. The second kappa shape index (κ2) is 3.61. The number of aromatic amines is 1. The number of aliphatic carboxylic acids is 1. The summed E-state index contributed by atoms with van der Waals surface area (Å²) >= 11 is 0. The predicted octanol–water partition coefficient (Wildman–Crippen LogP) is 1.45. The van der Waals surface area contributed by atoms with Crippen LogP contribution in [0, 0.1) is 0 Å². The molecule has 0 radical (unpaired) electrons. The molecule has 0 fully saturated rings. The number of nitrogens with one attached hydrogen (secondary N) is 2. The highest BCUT2D eigenvalue weighted by Crippen LogP contribution is 2.17. The fraction of sp³-hybridized carbons (Fsp3) is 0.200. The normalized spacial score (nSPS) is 12.6. The molecule has 0 aliphatic heterocycles. The van der Waals surface area contributed by atoms with Crippen LogP contribution in [0.5, 0.6) is 0 Å². The van der Waals surface area contributed by atoms with Crippen molar-refractivity contribution in [3.05, 3.63) is 24.4 Å². The van der Waals surface area contributed by atoms with E-state index in [4.69, 9.17) is 5.11 Å². The number of rotatable bonds is 3. The van der Waals surface area contributed by atoms with Crippen molar-refractivity contribution in [2.75, 3.05) is 5.32 Å². The molecule has 0 amide bonds. The Morgan fingerprint density at radius 1 is 1.60 bits per heavy atom. The molecule has 0 aliphatic carbocycles. The van der Waals surface area contributed by atoms with E-state index < -0.39 is 12.0 Å². The minimum absolute atomic E-state index is 0.602. The summed E-state index contributed by atoms with van der Waals surface area (Å²) in [5, 5.41) is 19.3. The molecule has 3 N–H and O–H groups in total. The highest BCUT2D eigenvalue weighted by molar-refractivity contribution is 5.83. The maximum atomic E-state index is 10.6. The van der Waals surface area contributed by atoms with E-state index in [0.29, 0.717) is 0 Å². The summed E-state index contributed by atoms with van der Waals surface area (Å²) in [6.45, 7) is 1.60. The monoisotopic (exact) mass is 205 g/mol. The molecule has 0 bridgehead atoms. The SMILES string of the molecule is CC(Nc1ccc2[nH]ncc2c1)C(=O)O. The summed E-state index contributed by atoms with van der Waals surface area (Å²) in [6, 6.07) is 4.94.